The summed E-state index contributed by atoms with van der Waals surface area (Å²) >= 11 is 0. The second kappa shape index (κ2) is 11.8. The first-order valence-corrected chi connectivity index (χ1v) is 12.4. The quantitative estimate of drug-likeness (QED) is 0.157. The number of nitrogens with zero attached hydrogens (tertiary/aromatic N) is 4. The zero-order chi connectivity index (χ0) is 26.5. The highest BCUT2D eigenvalue weighted by molar-refractivity contribution is 7.46. The van der Waals surface area contributed by atoms with Gasteiger partial charge in [0.1, 0.15) is 24.6 Å². The Hall–Kier alpha value is -2.40. The number of carbonyl (C=O) groups excluding carboxylic acids is 1. The van der Waals surface area contributed by atoms with E-state index >= 15 is 0 Å². The molecule has 1 fully saturated rings. The standard InChI is InChI=1S/C18H26F3N6O8P/c19-18(20,21)17(30)23-6-4-2-1-3-5-22-14-11-15(25-8-24-14)27(9-26-11)16-13(29)12(28)10(35-16)7-34-36(31,32)33/h8-10,12-13,16,28-29H,1-7H2,(H,23,30)(H,22,24,25)(H2,31,32,33). The van der Waals surface area contributed by atoms with Gasteiger partial charge in [0, 0.05) is 13.1 Å². The summed E-state index contributed by atoms with van der Waals surface area (Å²) in [6.07, 6.45) is -5.27. The molecule has 1 saturated heterocycles. The number of halogens is 3. The summed E-state index contributed by atoms with van der Waals surface area (Å²) in [7, 11) is -4.80. The van der Waals surface area contributed by atoms with Gasteiger partial charge in [0.2, 0.25) is 0 Å². The number of rotatable bonds is 12. The van der Waals surface area contributed by atoms with Crippen LogP contribution in [-0.4, -0.2) is 89.6 Å². The number of fused-ring (bicyclic) bond motifs is 1. The fourth-order valence-electron chi connectivity index (χ4n) is 3.55. The van der Waals surface area contributed by atoms with Crippen LogP contribution in [0.5, 0.6) is 0 Å². The van der Waals surface area contributed by atoms with E-state index in [4.69, 9.17) is 14.5 Å². The van der Waals surface area contributed by atoms with Gasteiger partial charge < -0.3 is 35.4 Å². The number of hydrogen-bond acceptors (Lipinski definition) is 10. The monoisotopic (exact) mass is 542 g/mol. The number of alkyl halides is 3. The van der Waals surface area contributed by atoms with Crippen LogP contribution in [0.1, 0.15) is 31.9 Å². The van der Waals surface area contributed by atoms with Crippen molar-refractivity contribution in [3.63, 3.8) is 0 Å². The number of phosphoric ester groups is 1. The van der Waals surface area contributed by atoms with Crippen LogP contribution in [0.2, 0.25) is 0 Å². The molecule has 0 aromatic carbocycles. The molecule has 0 bridgehead atoms. The van der Waals surface area contributed by atoms with E-state index < -0.39 is 51.1 Å². The zero-order valence-electron chi connectivity index (χ0n) is 18.7. The number of aliphatic hydroxyl groups excluding tert-OH is 2. The van der Waals surface area contributed by atoms with Gasteiger partial charge in [0.15, 0.2) is 23.2 Å². The van der Waals surface area contributed by atoms with Gasteiger partial charge in [-0.05, 0) is 12.8 Å². The Labute approximate surface area is 202 Å². The average molecular weight is 542 g/mol. The van der Waals surface area contributed by atoms with Gasteiger partial charge in [0.25, 0.3) is 0 Å². The molecule has 6 N–H and O–H groups in total. The second-order valence-corrected chi connectivity index (χ2v) is 9.21. The molecule has 2 aromatic heterocycles. The minimum Gasteiger partial charge on any atom is -0.387 e. The summed E-state index contributed by atoms with van der Waals surface area (Å²) in [5, 5.41) is 25.5. The third-order valence-corrected chi connectivity index (χ3v) is 5.80. The van der Waals surface area contributed by atoms with Crippen LogP contribution >= 0.6 is 7.82 Å². The average Bonchev–Trinajstić information content (AvgIpc) is 3.34. The lowest BCUT2D eigenvalue weighted by atomic mass is 10.1. The summed E-state index contributed by atoms with van der Waals surface area (Å²) in [6, 6.07) is 0. The fraction of sp³-hybridized carbons (Fsp3) is 0.667. The minimum absolute atomic E-state index is 0.0637. The smallest absolute Gasteiger partial charge is 0.387 e. The molecule has 0 radical (unpaired) electrons. The van der Waals surface area contributed by atoms with Gasteiger partial charge in [-0.1, -0.05) is 12.8 Å². The van der Waals surface area contributed by atoms with Gasteiger partial charge in [-0.2, -0.15) is 13.2 Å². The Morgan fingerprint density at radius 1 is 1.11 bits per heavy atom. The first-order valence-electron chi connectivity index (χ1n) is 10.9. The number of aliphatic hydroxyl groups is 2. The number of phosphoric acid groups is 1. The first-order chi connectivity index (χ1) is 16.9. The molecule has 14 nitrogen and oxygen atoms in total. The van der Waals surface area contributed by atoms with Crippen molar-refractivity contribution in [2.45, 2.75) is 56.4 Å². The lowest BCUT2D eigenvalue weighted by Gasteiger charge is -2.16. The number of amides is 1. The van der Waals surface area contributed by atoms with Crippen molar-refractivity contribution in [1.82, 2.24) is 24.8 Å². The molecular weight excluding hydrogens is 516 g/mol. The largest absolute Gasteiger partial charge is 0.471 e. The maximum absolute atomic E-state index is 12.1. The Morgan fingerprint density at radius 3 is 2.47 bits per heavy atom. The van der Waals surface area contributed by atoms with Crippen LogP contribution in [-0.2, 0) is 18.6 Å². The highest BCUT2D eigenvalue weighted by atomic mass is 31.2. The Morgan fingerprint density at radius 2 is 1.81 bits per heavy atom. The predicted molar refractivity (Wildman–Crippen MR) is 115 cm³/mol. The Bertz CT molecular complexity index is 1080. The lowest BCUT2D eigenvalue weighted by Crippen LogP contribution is -2.37. The molecule has 2 aromatic rings. The second-order valence-electron chi connectivity index (χ2n) is 7.97. The lowest BCUT2D eigenvalue weighted by molar-refractivity contribution is -0.173. The van der Waals surface area contributed by atoms with Crippen molar-refractivity contribution in [1.29, 1.82) is 0 Å². The molecular formula is C18H26F3N6O8P. The maximum atomic E-state index is 12.1. The van der Waals surface area contributed by atoms with Gasteiger partial charge in [-0.15, -0.1) is 0 Å². The molecule has 4 atom stereocenters. The SMILES string of the molecule is O=C(NCCCCCCNc1ncnc2c1ncn2C1OC(COP(=O)(O)O)C(O)C1O)C(F)(F)F. The van der Waals surface area contributed by atoms with E-state index in [-0.39, 0.29) is 12.2 Å². The molecule has 0 aliphatic carbocycles. The number of unbranched alkanes of at least 4 members (excludes halogenated alkanes) is 3. The fourth-order valence-corrected chi connectivity index (χ4v) is 3.89. The van der Waals surface area contributed by atoms with Crippen LogP contribution < -0.4 is 10.6 Å². The minimum atomic E-state index is -4.89. The van der Waals surface area contributed by atoms with Crippen molar-refractivity contribution in [3.8, 4) is 0 Å². The number of anilines is 1. The van der Waals surface area contributed by atoms with Crippen molar-refractivity contribution >= 4 is 30.7 Å². The molecule has 3 rings (SSSR count). The van der Waals surface area contributed by atoms with Crippen LogP contribution in [0.25, 0.3) is 11.2 Å². The first kappa shape index (κ1) is 28.2. The van der Waals surface area contributed by atoms with Crippen molar-refractivity contribution in [2.24, 2.45) is 0 Å². The third-order valence-electron chi connectivity index (χ3n) is 5.32. The maximum Gasteiger partial charge on any atom is 0.471 e. The van der Waals surface area contributed by atoms with Crippen molar-refractivity contribution in [3.05, 3.63) is 12.7 Å². The van der Waals surface area contributed by atoms with Crippen LogP contribution in [0, 0.1) is 0 Å². The molecule has 36 heavy (non-hydrogen) atoms. The molecule has 0 spiro atoms. The highest BCUT2D eigenvalue weighted by Gasteiger charge is 2.45. The summed E-state index contributed by atoms with van der Waals surface area (Å²) in [5.74, 6) is -1.57. The van der Waals surface area contributed by atoms with Crippen LogP contribution in [0.4, 0.5) is 19.0 Å². The van der Waals surface area contributed by atoms with E-state index in [1.54, 1.807) is 0 Å². The third kappa shape index (κ3) is 7.32. The van der Waals surface area contributed by atoms with E-state index in [0.29, 0.717) is 43.6 Å². The van der Waals surface area contributed by atoms with E-state index in [9.17, 15) is 32.7 Å². The normalized spacial score (nSPS) is 22.8. The molecule has 1 aliphatic heterocycles. The van der Waals surface area contributed by atoms with Gasteiger partial charge in [0.05, 0.1) is 12.9 Å². The predicted octanol–water partition coefficient (Wildman–Crippen LogP) is 0.206. The summed E-state index contributed by atoms with van der Waals surface area (Å²) in [5.41, 5.74) is 0.605. The molecule has 3 heterocycles. The Kier molecular flexibility index (Phi) is 9.21. The van der Waals surface area contributed by atoms with E-state index in [0.717, 1.165) is 0 Å². The summed E-state index contributed by atoms with van der Waals surface area (Å²) in [4.78, 5) is 40.9. The number of ether oxygens (including phenoxy) is 1. The molecule has 0 saturated carbocycles. The van der Waals surface area contributed by atoms with Gasteiger partial charge in [-0.3, -0.25) is 13.9 Å². The van der Waals surface area contributed by atoms with E-state index in [1.807, 2.05) is 5.32 Å². The van der Waals surface area contributed by atoms with Crippen molar-refractivity contribution < 1.29 is 51.8 Å². The highest BCUT2D eigenvalue weighted by Crippen LogP contribution is 2.39. The number of nitrogens with one attached hydrogen (secondary N) is 2. The zero-order valence-corrected chi connectivity index (χ0v) is 19.6. The summed E-state index contributed by atoms with van der Waals surface area (Å²) in [6.45, 7) is -0.245. The molecule has 18 heteroatoms. The topological polar surface area (TPSA) is 201 Å². The number of imidazole rings is 1. The summed E-state index contributed by atoms with van der Waals surface area (Å²) < 4.78 is 58.5. The molecule has 1 aliphatic rings. The van der Waals surface area contributed by atoms with E-state index in [1.165, 1.54) is 17.2 Å². The molecule has 4 unspecified atom stereocenters. The molecule has 1 amide bonds. The molecule has 202 valence electrons. The van der Waals surface area contributed by atoms with Gasteiger partial charge >= 0.3 is 19.9 Å². The number of hydrogen-bond donors (Lipinski definition) is 6. The van der Waals surface area contributed by atoms with Crippen molar-refractivity contribution in [2.75, 3.05) is 25.0 Å². The number of carbonyl (C=O) groups is 1. The van der Waals surface area contributed by atoms with Gasteiger partial charge in [-0.25, -0.2) is 19.5 Å². The van der Waals surface area contributed by atoms with Crippen LogP contribution in [0.15, 0.2) is 12.7 Å². The number of aromatic nitrogens is 4. The van der Waals surface area contributed by atoms with E-state index in [2.05, 4.69) is 24.8 Å². The Balaban J connectivity index is 1.50. The van der Waals surface area contributed by atoms with Crippen LogP contribution in [0.3, 0.4) is 0 Å².